The van der Waals surface area contributed by atoms with Crippen molar-refractivity contribution in [1.82, 2.24) is 0 Å². The number of nitrogens with zero attached hydrogens (tertiary/aromatic N) is 1. The zero-order valence-electron chi connectivity index (χ0n) is 9.96. The number of aliphatic imine (C=N–C) groups is 1. The molecule has 1 rings (SSSR count). The maximum Gasteiger partial charge on any atom is 0.0262 e. The van der Waals surface area contributed by atoms with Crippen LogP contribution in [0.5, 0.6) is 0 Å². The third-order valence-electron chi connectivity index (χ3n) is 2.49. The van der Waals surface area contributed by atoms with Gasteiger partial charge in [-0.15, -0.1) is 0 Å². The second kappa shape index (κ2) is 4.12. The van der Waals surface area contributed by atoms with Gasteiger partial charge in [0.2, 0.25) is 0 Å². The van der Waals surface area contributed by atoms with Crippen LogP contribution < -0.4 is 0 Å². The first kappa shape index (κ1) is 11.2. The van der Waals surface area contributed by atoms with Crippen molar-refractivity contribution < 1.29 is 0 Å². The van der Waals surface area contributed by atoms with Crippen molar-refractivity contribution >= 4 is 6.21 Å². The van der Waals surface area contributed by atoms with Crippen LogP contribution in [0.4, 0.5) is 0 Å². The summed E-state index contributed by atoms with van der Waals surface area (Å²) < 4.78 is 0. The van der Waals surface area contributed by atoms with Crippen LogP contribution in [-0.2, 0) is 0 Å². The normalized spacial score (nSPS) is 28.7. The first-order valence-electron chi connectivity index (χ1n) is 5.32. The van der Waals surface area contributed by atoms with Crippen LogP contribution in [0.3, 0.4) is 0 Å². The molecule has 78 valence electrons. The lowest BCUT2D eigenvalue weighted by molar-refractivity contribution is 0.669. The van der Waals surface area contributed by atoms with E-state index in [9.17, 15) is 0 Å². The Kier molecular flexibility index (Phi) is 3.30. The van der Waals surface area contributed by atoms with Gasteiger partial charge in [-0.1, -0.05) is 39.3 Å². The van der Waals surface area contributed by atoms with Gasteiger partial charge >= 0.3 is 0 Å². The first-order valence-corrected chi connectivity index (χ1v) is 5.32. The van der Waals surface area contributed by atoms with Gasteiger partial charge in [-0.05, 0) is 24.8 Å². The van der Waals surface area contributed by atoms with Crippen LogP contribution in [0.2, 0.25) is 0 Å². The number of rotatable bonds is 1. The first-order chi connectivity index (χ1) is 6.41. The molecule has 14 heavy (non-hydrogen) atoms. The molecule has 0 atom stereocenters. The molecule has 0 bridgehead atoms. The molecule has 0 fully saturated rings. The summed E-state index contributed by atoms with van der Waals surface area (Å²) in [6.07, 6.45) is 7.44. The molecule has 0 aromatic carbocycles. The second-order valence-electron chi connectivity index (χ2n) is 5.13. The van der Waals surface area contributed by atoms with Crippen LogP contribution in [0, 0.1) is 11.3 Å². The van der Waals surface area contributed by atoms with E-state index in [2.05, 4.69) is 45.7 Å². The molecule has 0 saturated carbocycles. The van der Waals surface area contributed by atoms with Gasteiger partial charge in [-0.3, -0.25) is 4.99 Å². The SMILES string of the molecule is C/C1=C/C(C)(C)C=N/C=C(/C(C)C)C1. The lowest BCUT2D eigenvalue weighted by Gasteiger charge is -2.19. The van der Waals surface area contributed by atoms with Crippen LogP contribution in [0.25, 0.3) is 0 Å². The van der Waals surface area contributed by atoms with Gasteiger partial charge in [0.15, 0.2) is 0 Å². The summed E-state index contributed by atoms with van der Waals surface area (Å²) in [4.78, 5) is 4.39. The molecule has 1 aliphatic heterocycles. The summed E-state index contributed by atoms with van der Waals surface area (Å²) in [5, 5.41) is 0. The maximum atomic E-state index is 4.39. The zero-order chi connectivity index (χ0) is 10.8. The highest BCUT2D eigenvalue weighted by Crippen LogP contribution is 2.25. The molecular weight excluding hydrogens is 170 g/mol. The van der Waals surface area contributed by atoms with Crippen molar-refractivity contribution in [3.63, 3.8) is 0 Å². The average Bonchev–Trinajstić information content (AvgIpc) is 1.98. The summed E-state index contributed by atoms with van der Waals surface area (Å²) >= 11 is 0. The molecule has 0 amide bonds. The fourth-order valence-corrected chi connectivity index (χ4v) is 1.77. The van der Waals surface area contributed by atoms with E-state index in [1.807, 2.05) is 12.4 Å². The van der Waals surface area contributed by atoms with Gasteiger partial charge < -0.3 is 0 Å². The van der Waals surface area contributed by atoms with Crippen molar-refractivity contribution in [1.29, 1.82) is 0 Å². The predicted octanol–water partition coefficient (Wildman–Crippen LogP) is 3.97. The predicted molar refractivity (Wildman–Crippen MR) is 63.6 cm³/mol. The van der Waals surface area contributed by atoms with Gasteiger partial charge in [0.25, 0.3) is 0 Å². The Balaban J connectivity index is 2.97. The lowest BCUT2D eigenvalue weighted by Crippen LogP contribution is -2.11. The molecule has 0 aromatic rings. The van der Waals surface area contributed by atoms with Crippen molar-refractivity contribution in [3.05, 3.63) is 23.4 Å². The van der Waals surface area contributed by atoms with E-state index in [-0.39, 0.29) is 5.41 Å². The zero-order valence-corrected chi connectivity index (χ0v) is 9.96. The minimum Gasteiger partial charge on any atom is -0.268 e. The molecule has 0 N–H and O–H groups in total. The maximum absolute atomic E-state index is 4.39. The lowest BCUT2D eigenvalue weighted by atomic mass is 9.88. The van der Waals surface area contributed by atoms with E-state index < -0.39 is 0 Å². The number of hydrogen-bond donors (Lipinski definition) is 0. The summed E-state index contributed by atoms with van der Waals surface area (Å²) in [6.45, 7) is 11.0. The highest BCUT2D eigenvalue weighted by atomic mass is 14.7. The van der Waals surface area contributed by atoms with Crippen LogP contribution in [0.1, 0.15) is 41.0 Å². The van der Waals surface area contributed by atoms with Gasteiger partial charge in [0.1, 0.15) is 0 Å². The molecule has 0 spiro atoms. The third-order valence-corrected chi connectivity index (χ3v) is 2.49. The third kappa shape index (κ3) is 3.13. The molecule has 0 aliphatic carbocycles. The fraction of sp³-hybridized carbons (Fsp3) is 0.615. The van der Waals surface area contributed by atoms with Gasteiger partial charge in [-0.25, -0.2) is 0 Å². The summed E-state index contributed by atoms with van der Waals surface area (Å²) in [5.74, 6) is 0.594. The molecular formula is C13H21N. The molecule has 0 saturated heterocycles. The van der Waals surface area contributed by atoms with Crippen LogP contribution >= 0.6 is 0 Å². The summed E-state index contributed by atoms with van der Waals surface area (Å²) in [7, 11) is 0. The average molecular weight is 191 g/mol. The second-order valence-corrected chi connectivity index (χ2v) is 5.13. The molecule has 0 unspecified atom stereocenters. The largest absolute Gasteiger partial charge is 0.268 e. The van der Waals surface area contributed by atoms with Crippen LogP contribution in [0.15, 0.2) is 28.4 Å². The topological polar surface area (TPSA) is 12.4 Å². The molecule has 1 heteroatoms. The monoisotopic (exact) mass is 191 g/mol. The minimum absolute atomic E-state index is 0.100. The Bertz CT molecular complexity index is 290. The highest BCUT2D eigenvalue weighted by Gasteiger charge is 2.14. The van der Waals surface area contributed by atoms with E-state index in [1.165, 1.54) is 11.1 Å². The van der Waals surface area contributed by atoms with E-state index in [4.69, 9.17) is 0 Å². The summed E-state index contributed by atoms with van der Waals surface area (Å²) in [6, 6.07) is 0. The van der Waals surface area contributed by atoms with Crippen molar-refractivity contribution in [2.45, 2.75) is 41.0 Å². The number of hydrogen-bond acceptors (Lipinski definition) is 1. The van der Waals surface area contributed by atoms with Gasteiger partial charge in [0, 0.05) is 17.8 Å². The Morgan fingerprint density at radius 1 is 1.36 bits per heavy atom. The van der Waals surface area contributed by atoms with Gasteiger partial charge in [-0.2, -0.15) is 0 Å². The van der Waals surface area contributed by atoms with E-state index >= 15 is 0 Å². The Morgan fingerprint density at radius 2 is 2.00 bits per heavy atom. The van der Waals surface area contributed by atoms with E-state index in [1.54, 1.807) is 0 Å². The van der Waals surface area contributed by atoms with Crippen LogP contribution in [-0.4, -0.2) is 6.21 Å². The quantitative estimate of drug-likeness (QED) is 0.556. The van der Waals surface area contributed by atoms with Crippen molar-refractivity contribution in [2.24, 2.45) is 16.3 Å². The molecule has 0 aromatic heterocycles. The molecule has 1 heterocycles. The Labute approximate surface area is 87.6 Å². The van der Waals surface area contributed by atoms with Gasteiger partial charge in [0.05, 0.1) is 0 Å². The van der Waals surface area contributed by atoms with Crippen molar-refractivity contribution in [3.8, 4) is 0 Å². The van der Waals surface area contributed by atoms with E-state index in [0.717, 1.165) is 6.42 Å². The fourth-order valence-electron chi connectivity index (χ4n) is 1.77. The molecule has 1 aliphatic rings. The standard InChI is InChI=1S/C13H21N/c1-10(2)12-6-11(3)7-13(4,5)9-14-8-12/h7-10H,6H2,1-5H3/b11-7-,12-8+,14-9?. The highest BCUT2D eigenvalue weighted by molar-refractivity contribution is 5.68. The van der Waals surface area contributed by atoms with Crippen molar-refractivity contribution in [2.75, 3.05) is 0 Å². The smallest absolute Gasteiger partial charge is 0.0262 e. The Morgan fingerprint density at radius 3 is 2.57 bits per heavy atom. The molecule has 1 nitrogen and oxygen atoms in total. The minimum atomic E-state index is 0.100. The molecule has 0 radical (unpaired) electrons. The number of allylic oxidation sites excluding steroid dienone is 3. The Hall–Kier alpha value is -0.850. The van der Waals surface area contributed by atoms with E-state index in [0.29, 0.717) is 5.92 Å². The summed E-state index contributed by atoms with van der Waals surface area (Å²) in [5.41, 5.74) is 2.97.